The van der Waals surface area contributed by atoms with Crippen molar-refractivity contribution in [3.05, 3.63) is 77.1 Å². The van der Waals surface area contributed by atoms with Crippen LogP contribution in [-0.4, -0.2) is 12.6 Å². The molecule has 6 heteroatoms. The lowest BCUT2D eigenvalue weighted by Crippen LogP contribution is -2.24. The Bertz CT molecular complexity index is 694. The molecule has 0 radical (unpaired) electrons. The number of halogens is 3. The lowest BCUT2D eigenvalue weighted by Gasteiger charge is -2.06. The third-order valence-corrected chi connectivity index (χ3v) is 3.12. The summed E-state index contributed by atoms with van der Waals surface area (Å²) in [6, 6.07) is 10.4. The van der Waals surface area contributed by atoms with Crippen molar-refractivity contribution in [2.75, 3.05) is 6.54 Å². The van der Waals surface area contributed by atoms with Crippen molar-refractivity contribution in [3.8, 4) is 0 Å². The highest BCUT2D eigenvalue weighted by molar-refractivity contribution is 5.67. The second-order valence-electron chi connectivity index (χ2n) is 4.96. The summed E-state index contributed by atoms with van der Waals surface area (Å²) in [5.41, 5.74) is 0.554. The molecule has 0 unspecified atom stereocenters. The third kappa shape index (κ3) is 5.46. The number of hydrogen-bond donors (Lipinski definition) is 1. The molecular weight excluding hydrogens is 319 g/mol. The van der Waals surface area contributed by atoms with E-state index in [-0.39, 0.29) is 18.7 Å². The minimum Gasteiger partial charge on any atom is -0.445 e. The van der Waals surface area contributed by atoms with E-state index >= 15 is 0 Å². The highest BCUT2D eigenvalue weighted by atomic mass is 19.1. The van der Waals surface area contributed by atoms with Crippen LogP contribution in [0.5, 0.6) is 0 Å². The zero-order chi connectivity index (χ0) is 17.4. The number of hydrogen-bond acceptors (Lipinski definition) is 2. The van der Waals surface area contributed by atoms with Gasteiger partial charge in [0, 0.05) is 24.2 Å². The number of alkyl carbamates (subject to hydrolysis) is 1. The van der Waals surface area contributed by atoms with E-state index in [1.807, 2.05) is 30.3 Å². The van der Waals surface area contributed by atoms with Gasteiger partial charge >= 0.3 is 6.09 Å². The van der Waals surface area contributed by atoms with Crippen molar-refractivity contribution in [2.24, 2.45) is 0 Å². The van der Waals surface area contributed by atoms with E-state index in [1.54, 1.807) is 0 Å². The van der Waals surface area contributed by atoms with Gasteiger partial charge in [-0.25, -0.2) is 18.0 Å². The van der Waals surface area contributed by atoms with E-state index in [4.69, 9.17) is 4.74 Å². The highest BCUT2D eigenvalue weighted by Gasteiger charge is 2.08. The molecule has 2 rings (SSSR count). The number of ether oxygens (including phenoxy) is 1. The molecule has 2 aromatic rings. The molecule has 0 heterocycles. The van der Waals surface area contributed by atoms with Crippen LogP contribution in [0.1, 0.15) is 17.5 Å². The fraction of sp³-hybridized carbons (Fsp3) is 0.167. The first-order chi connectivity index (χ1) is 11.6. The fourth-order valence-electron chi connectivity index (χ4n) is 1.95. The topological polar surface area (TPSA) is 38.3 Å². The van der Waals surface area contributed by atoms with Crippen LogP contribution in [-0.2, 0) is 11.3 Å². The van der Waals surface area contributed by atoms with Crippen molar-refractivity contribution in [2.45, 2.75) is 13.0 Å². The second-order valence-corrected chi connectivity index (χ2v) is 4.96. The van der Waals surface area contributed by atoms with Gasteiger partial charge in [0.1, 0.15) is 24.1 Å². The molecule has 0 fully saturated rings. The van der Waals surface area contributed by atoms with Gasteiger partial charge < -0.3 is 10.1 Å². The number of carbonyl (C=O) groups excluding carboxylic acids is 1. The Kier molecular flexibility index (Phi) is 6.42. The molecule has 0 atom stereocenters. The van der Waals surface area contributed by atoms with Crippen LogP contribution in [0.2, 0.25) is 0 Å². The molecule has 0 spiro atoms. The minimum atomic E-state index is -0.973. The fourth-order valence-corrected chi connectivity index (χ4v) is 1.95. The molecule has 0 saturated carbocycles. The summed E-state index contributed by atoms with van der Waals surface area (Å²) in [5.74, 6) is -2.91. The van der Waals surface area contributed by atoms with Crippen LogP contribution in [0.4, 0.5) is 18.0 Å². The molecular formula is C18H16F3NO2. The maximum Gasteiger partial charge on any atom is 0.407 e. The second kappa shape index (κ2) is 8.76. The Balaban J connectivity index is 1.72. The molecule has 0 bridgehead atoms. The Morgan fingerprint density at radius 1 is 1.08 bits per heavy atom. The molecule has 24 heavy (non-hydrogen) atoms. The Morgan fingerprint density at radius 3 is 2.42 bits per heavy atom. The van der Waals surface area contributed by atoms with Gasteiger partial charge in [-0.05, 0) is 12.0 Å². The molecule has 3 nitrogen and oxygen atoms in total. The first-order valence-corrected chi connectivity index (χ1v) is 7.32. The predicted octanol–water partition coefficient (Wildman–Crippen LogP) is 4.43. The molecule has 2 aromatic carbocycles. The molecule has 1 N–H and O–H groups in total. The summed E-state index contributed by atoms with van der Waals surface area (Å²) in [6.07, 6.45) is 2.46. The smallest absolute Gasteiger partial charge is 0.407 e. The third-order valence-electron chi connectivity index (χ3n) is 3.12. The molecule has 0 aliphatic rings. The quantitative estimate of drug-likeness (QED) is 0.793. The molecule has 0 aromatic heterocycles. The van der Waals surface area contributed by atoms with Crippen molar-refractivity contribution in [3.63, 3.8) is 0 Å². The van der Waals surface area contributed by atoms with Crippen LogP contribution < -0.4 is 5.32 Å². The van der Waals surface area contributed by atoms with E-state index in [1.165, 1.54) is 12.2 Å². The van der Waals surface area contributed by atoms with E-state index in [0.717, 1.165) is 5.56 Å². The number of rotatable bonds is 6. The van der Waals surface area contributed by atoms with Gasteiger partial charge in [-0.1, -0.05) is 42.5 Å². The first kappa shape index (κ1) is 17.6. The number of benzene rings is 2. The standard InChI is InChI=1S/C18H16F3NO2/c19-14-10-16(20)15(17(21)11-14)8-4-5-9-22-18(23)24-12-13-6-2-1-3-7-13/h1-4,6-8,10-11H,5,9,12H2,(H,22,23). The number of carbonyl (C=O) groups is 1. The summed E-state index contributed by atoms with van der Waals surface area (Å²) in [6.45, 7) is 0.406. The summed E-state index contributed by atoms with van der Waals surface area (Å²) >= 11 is 0. The van der Waals surface area contributed by atoms with Gasteiger partial charge in [-0.2, -0.15) is 0 Å². The van der Waals surface area contributed by atoms with Gasteiger partial charge in [0.25, 0.3) is 0 Å². The largest absolute Gasteiger partial charge is 0.445 e. The Labute approximate surface area is 137 Å². The van der Waals surface area contributed by atoms with Crippen LogP contribution in [0.3, 0.4) is 0 Å². The summed E-state index contributed by atoms with van der Waals surface area (Å²) in [7, 11) is 0. The monoisotopic (exact) mass is 335 g/mol. The molecule has 126 valence electrons. The maximum atomic E-state index is 13.4. The predicted molar refractivity (Wildman–Crippen MR) is 84.6 cm³/mol. The molecule has 0 aliphatic carbocycles. The van der Waals surface area contributed by atoms with E-state index in [9.17, 15) is 18.0 Å². The van der Waals surface area contributed by atoms with Crippen molar-refractivity contribution >= 4 is 12.2 Å². The average molecular weight is 335 g/mol. The van der Waals surface area contributed by atoms with Crippen LogP contribution in [0.15, 0.2) is 48.5 Å². The minimum absolute atomic E-state index is 0.161. The van der Waals surface area contributed by atoms with Crippen molar-refractivity contribution in [1.29, 1.82) is 0 Å². The Hall–Kier alpha value is -2.76. The van der Waals surface area contributed by atoms with E-state index in [0.29, 0.717) is 18.6 Å². The van der Waals surface area contributed by atoms with Gasteiger partial charge in [0.15, 0.2) is 0 Å². The van der Waals surface area contributed by atoms with E-state index < -0.39 is 23.5 Å². The number of nitrogens with one attached hydrogen (secondary N) is 1. The average Bonchev–Trinajstić information content (AvgIpc) is 2.55. The zero-order valence-corrected chi connectivity index (χ0v) is 12.8. The molecule has 0 saturated heterocycles. The number of amides is 1. The van der Waals surface area contributed by atoms with Crippen LogP contribution >= 0.6 is 0 Å². The van der Waals surface area contributed by atoms with Crippen molar-refractivity contribution in [1.82, 2.24) is 5.32 Å². The zero-order valence-electron chi connectivity index (χ0n) is 12.8. The lowest BCUT2D eigenvalue weighted by atomic mass is 10.1. The van der Waals surface area contributed by atoms with Gasteiger partial charge in [0.05, 0.1) is 0 Å². The normalized spacial score (nSPS) is 10.8. The molecule has 1 amide bonds. The Morgan fingerprint density at radius 2 is 1.75 bits per heavy atom. The van der Waals surface area contributed by atoms with Crippen LogP contribution in [0, 0.1) is 17.5 Å². The van der Waals surface area contributed by atoms with Gasteiger partial charge in [0.2, 0.25) is 0 Å². The first-order valence-electron chi connectivity index (χ1n) is 7.32. The summed E-state index contributed by atoms with van der Waals surface area (Å²) in [5, 5.41) is 2.52. The summed E-state index contributed by atoms with van der Waals surface area (Å²) in [4.78, 5) is 11.5. The van der Waals surface area contributed by atoms with Gasteiger partial charge in [-0.3, -0.25) is 0 Å². The SMILES string of the molecule is O=C(NCCC=Cc1c(F)cc(F)cc1F)OCc1ccccc1. The van der Waals surface area contributed by atoms with Gasteiger partial charge in [-0.15, -0.1) is 0 Å². The molecule has 0 aliphatic heterocycles. The van der Waals surface area contributed by atoms with Crippen molar-refractivity contribution < 1.29 is 22.7 Å². The maximum absolute atomic E-state index is 13.4. The van der Waals surface area contributed by atoms with Crippen LogP contribution in [0.25, 0.3) is 6.08 Å². The highest BCUT2D eigenvalue weighted by Crippen LogP contribution is 2.16. The lowest BCUT2D eigenvalue weighted by molar-refractivity contribution is 0.140. The van der Waals surface area contributed by atoms with E-state index in [2.05, 4.69) is 5.32 Å². The summed E-state index contributed by atoms with van der Waals surface area (Å²) < 4.78 is 44.6.